The Morgan fingerprint density at radius 3 is 2.33 bits per heavy atom. The van der Waals surface area contributed by atoms with Gasteiger partial charge in [-0.25, -0.2) is 8.42 Å². The fraction of sp³-hybridized carbons (Fsp3) is 0.350. The second kappa shape index (κ2) is 8.31. The SMILES string of the molecule is COc1ccc(C(NC(=O)CCS(=O)(=O)c2ccc(Cl)cc2)C2CC2)cc1. The van der Waals surface area contributed by atoms with E-state index in [4.69, 9.17) is 16.3 Å². The predicted octanol–water partition coefficient (Wildman–Crippen LogP) is 3.78. The summed E-state index contributed by atoms with van der Waals surface area (Å²) in [5, 5.41) is 3.47. The summed E-state index contributed by atoms with van der Waals surface area (Å²) >= 11 is 5.79. The molecule has 1 unspecified atom stereocenters. The quantitative estimate of drug-likeness (QED) is 0.722. The van der Waals surface area contributed by atoms with Crippen LogP contribution in [0.5, 0.6) is 5.75 Å². The minimum atomic E-state index is -3.52. The molecule has 1 amide bonds. The van der Waals surface area contributed by atoms with Crippen LogP contribution in [0.2, 0.25) is 5.02 Å². The molecular formula is C20H22ClNO4S. The Labute approximate surface area is 164 Å². The van der Waals surface area contributed by atoms with Crippen LogP contribution in [0.4, 0.5) is 0 Å². The first-order chi connectivity index (χ1) is 12.9. The molecule has 1 atom stereocenters. The number of nitrogens with one attached hydrogen (secondary N) is 1. The molecule has 2 aromatic rings. The van der Waals surface area contributed by atoms with E-state index in [2.05, 4.69) is 5.32 Å². The molecule has 27 heavy (non-hydrogen) atoms. The fourth-order valence-corrected chi connectivity index (χ4v) is 4.31. The highest BCUT2D eigenvalue weighted by atomic mass is 35.5. The standard InChI is InChI=1S/C20H22ClNO4S/c1-26-17-8-4-15(5-9-17)20(14-2-3-14)22-19(23)12-13-27(24,25)18-10-6-16(21)7-11-18/h4-11,14,20H,2-3,12-13H2,1H3,(H,22,23). The van der Waals surface area contributed by atoms with Crippen molar-refractivity contribution in [3.05, 3.63) is 59.1 Å². The van der Waals surface area contributed by atoms with Crippen molar-refractivity contribution in [3.63, 3.8) is 0 Å². The molecule has 5 nitrogen and oxygen atoms in total. The van der Waals surface area contributed by atoms with Crippen molar-refractivity contribution in [1.82, 2.24) is 5.32 Å². The summed E-state index contributed by atoms with van der Waals surface area (Å²) in [6.07, 6.45) is 2.03. The van der Waals surface area contributed by atoms with Crippen molar-refractivity contribution < 1.29 is 17.9 Å². The highest BCUT2D eigenvalue weighted by Crippen LogP contribution is 2.41. The number of benzene rings is 2. The van der Waals surface area contributed by atoms with Gasteiger partial charge in [0.2, 0.25) is 5.91 Å². The lowest BCUT2D eigenvalue weighted by Gasteiger charge is -2.19. The van der Waals surface area contributed by atoms with Crippen molar-refractivity contribution in [2.45, 2.75) is 30.2 Å². The summed E-state index contributed by atoms with van der Waals surface area (Å²) in [5.74, 6) is 0.657. The van der Waals surface area contributed by atoms with Gasteiger partial charge in [0.05, 0.1) is 23.8 Å². The Kier molecular flexibility index (Phi) is 6.07. The zero-order valence-electron chi connectivity index (χ0n) is 15.0. The van der Waals surface area contributed by atoms with Gasteiger partial charge in [-0.1, -0.05) is 23.7 Å². The van der Waals surface area contributed by atoms with E-state index < -0.39 is 9.84 Å². The number of halogens is 1. The highest BCUT2D eigenvalue weighted by molar-refractivity contribution is 7.91. The van der Waals surface area contributed by atoms with Gasteiger partial charge in [-0.05, 0) is 60.7 Å². The van der Waals surface area contributed by atoms with E-state index in [1.54, 1.807) is 7.11 Å². The Morgan fingerprint density at radius 1 is 1.15 bits per heavy atom. The van der Waals surface area contributed by atoms with Crippen LogP contribution in [0.1, 0.15) is 30.9 Å². The molecule has 0 aliphatic heterocycles. The lowest BCUT2D eigenvalue weighted by molar-refractivity contribution is -0.121. The summed E-state index contributed by atoms with van der Waals surface area (Å²) in [5.41, 5.74) is 1.01. The molecule has 3 rings (SSSR count). The molecule has 1 saturated carbocycles. The van der Waals surface area contributed by atoms with Crippen LogP contribution in [0, 0.1) is 5.92 Å². The van der Waals surface area contributed by atoms with Gasteiger partial charge in [0.15, 0.2) is 9.84 Å². The van der Waals surface area contributed by atoms with Gasteiger partial charge in [0.25, 0.3) is 0 Å². The molecule has 0 aromatic heterocycles. The number of sulfone groups is 1. The summed E-state index contributed by atoms with van der Waals surface area (Å²) < 4.78 is 29.9. The molecule has 0 spiro atoms. The van der Waals surface area contributed by atoms with Gasteiger partial charge in [0.1, 0.15) is 5.75 Å². The van der Waals surface area contributed by atoms with Gasteiger partial charge in [-0.15, -0.1) is 0 Å². The van der Waals surface area contributed by atoms with Crippen molar-refractivity contribution in [2.75, 3.05) is 12.9 Å². The zero-order valence-corrected chi connectivity index (χ0v) is 16.6. The molecule has 0 saturated heterocycles. The minimum absolute atomic E-state index is 0.0790. The average Bonchev–Trinajstić information content (AvgIpc) is 3.50. The number of carbonyl (C=O) groups excluding carboxylic acids is 1. The lowest BCUT2D eigenvalue weighted by atomic mass is 10.0. The second-order valence-electron chi connectivity index (χ2n) is 6.68. The Hall–Kier alpha value is -2.05. The number of hydrogen-bond donors (Lipinski definition) is 1. The molecule has 1 fully saturated rings. The smallest absolute Gasteiger partial charge is 0.221 e. The average molecular weight is 408 g/mol. The van der Waals surface area contributed by atoms with E-state index in [0.29, 0.717) is 10.9 Å². The Morgan fingerprint density at radius 2 is 1.78 bits per heavy atom. The van der Waals surface area contributed by atoms with E-state index >= 15 is 0 Å². The molecule has 7 heteroatoms. The lowest BCUT2D eigenvalue weighted by Crippen LogP contribution is -2.31. The molecule has 144 valence electrons. The van der Waals surface area contributed by atoms with Crippen LogP contribution in [0.25, 0.3) is 0 Å². The summed E-state index contributed by atoms with van der Waals surface area (Å²) in [6, 6.07) is 13.5. The molecule has 0 radical (unpaired) electrons. The third kappa shape index (κ3) is 5.23. The van der Waals surface area contributed by atoms with Crippen molar-refractivity contribution in [1.29, 1.82) is 0 Å². The van der Waals surface area contributed by atoms with Crippen LogP contribution in [-0.2, 0) is 14.6 Å². The van der Waals surface area contributed by atoms with Gasteiger partial charge >= 0.3 is 0 Å². The van der Waals surface area contributed by atoms with Crippen LogP contribution >= 0.6 is 11.6 Å². The number of amides is 1. The zero-order chi connectivity index (χ0) is 19.4. The number of hydrogen-bond acceptors (Lipinski definition) is 4. The van der Waals surface area contributed by atoms with Crippen LogP contribution in [0.15, 0.2) is 53.4 Å². The van der Waals surface area contributed by atoms with Gasteiger partial charge in [0, 0.05) is 11.4 Å². The van der Waals surface area contributed by atoms with Gasteiger partial charge in [-0.2, -0.15) is 0 Å². The summed E-state index contributed by atoms with van der Waals surface area (Å²) in [4.78, 5) is 12.6. The second-order valence-corrected chi connectivity index (χ2v) is 9.22. The van der Waals surface area contributed by atoms with E-state index in [0.717, 1.165) is 24.2 Å². The first-order valence-corrected chi connectivity index (χ1v) is 10.8. The third-order valence-corrected chi connectivity index (χ3v) is 6.64. The predicted molar refractivity (Wildman–Crippen MR) is 105 cm³/mol. The third-order valence-electron chi connectivity index (χ3n) is 4.66. The van der Waals surface area contributed by atoms with E-state index in [1.807, 2.05) is 24.3 Å². The van der Waals surface area contributed by atoms with Crippen molar-refractivity contribution in [3.8, 4) is 5.75 Å². The summed E-state index contributed by atoms with van der Waals surface area (Å²) in [7, 11) is -1.91. The first-order valence-electron chi connectivity index (χ1n) is 8.81. The fourth-order valence-electron chi connectivity index (χ4n) is 2.95. The molecular weight excluding hydrogens is 386 g/mol. The number of methoxy groups -OCH3 is 1. The monoisotopic (exact) mass is 407 g/mol. The Balaban J connectivity index is 1.62. The number of ether oxygens (including phenoxy) is 1. The topological polar surface area (TPSA) is 72.5 Å². The maximum absolute atomic E-state index is 12.4. The van der Waals surface area contributed by atoms with Crippen molar-refractivity contribution in [2.24, 2.45) is 5.92 Å². The first kappa shape index (κ1) is 19.7. The van der Waals surface area contributed by atoms with Crippen LogP contribution in [-0.4, -0.2) is 27.2 Å². The Bertz CT molecular complexity index is 891. The minimum Gasteiger partial charge on any atom is -0.497 e. The normalized spacial score (nSPS) is 15.2. The van der Waals surface area contributed by atoms with E-state index in [1.165, 1.54) is 24.3 Å². The van der Waals surface area contributed by atoms with E-state index in [-0.39, 0.29) is 29.0 Å². The molecule has 1 aliphatic rings. The van der Waals surface area contributed by atoms with Gasteiger partial charge in [-0.3, -0.25) is 4.79 Å². The highest BCUT2D eigenvalue weighted by Gasteiger charge is 2.33. The maximum atomic E-state index is 12.4. The van der Waals surface area contributed by atoms with Gasteiger partial charge < -0.3 is 10.1 Å². The molecule has 0 bridgehead atoms. The number of carbonyl (C=O) groups is 1. The molecule has 1 N–H and O–H groups in total. The van der Waals surface area contributed by atoms with E-state index in [9.17, 15) is 13.2 Å². The van der Waals surface area contributed by atoms with Crippen molar-refractivity contribution >= 4 is 27.3 Å². The molecule has 0 heterocycles. The summed E-state index contributed by atoms with van der Waals surface area (Å²) in [6.45, 7) is 0. The number of rotatable bonds is 8. The molecule has 2 aromatic carbocycles. The molecule has 1 aliphatic carbocycles. The maximum Gasteiger partial charge on any atom is 0.221 e. The van der Waals surface area contributed by atoms with Crippen LogP contribution < -0.4 is 10.1 Å². The largest absolute Gasteiger partial charge is 0.497 e. The van der Waals surface area contributed by atoms with Crippen LogP contribution in [0.3, 0.4) is 0 Å².